The van der Waals surface area contributed by atoms with Crippen molar-refractivity contribution < 1.29 is 9.18 Å². The molecule has 1 aromatic carbocycles. The Morgan fingerprint density at radius 2 is 1.65 bits per heavy atom. The lowest BCUT2D eigenvalue weighted by Crippen LogP contribution is -2.25. The van der Waals surface area contributed by atoms with E-state index in [1.54, 1.807) is 32.9 Å². The van der Waals surface area contributed by atoms with Gasteiger partial charge in [0.15, 0.2) is 0 Å². The van der Waals surface area contributed by atoms with Gasteiger partial charge < -0.3 is 5.32 Å². The third kappa shape index (κ3) is 3.17. The van der Waals surface area contributed by atoms with Crippen LogP contribution in [-0.2, 0) is 6.54 Å². The Morgan fingerprint density at radius 3 is 2.20 bits per heavy atom. The summed E-state index contributed by atoms with van der Waals surface area (Å²) in [6, 6.07) is 6.02. The minimum atomic E-state index is -0.293. The number of benzene rings is 1. The van der Waals surface area contributed by atoms with Crippen molar-refractivity contribution in [1.82, 2.24) is 15.3 Å². The Bertz CT molecular complexity index is 615. The number of aryl methyl sites for hydroxylation is 3. The summed E-state index contributed by atoms with van der Waals surface area (Å²) in [5, 5.41) is 2.79. The standard InChI is InChI=1S/C15H16FN3O/c1-9-14(10(2)19-11(3)18-9)15(20)17-8-12-4-6-13(16)7-5-12/h4-7H,8H2,1-3H3,(H,17,20). The maximum atomic E-state index is 12.8. The highest BCUT2D eigenvalue weighted by atomic mass is 19.1. The lowest BCUT2D eigenvalue weighted by Gasteiger charge is -2.10. The molecule has 1 aromatic heterocycles. The van der Waals surface area contributed by atoms with Crippen molar-refractivity contribution in [2.75, 3.05) is 0 Å². The molecule has 0 fully saturated rings. The molecule has 0 radical (unpaired) electrons. The fraction of sp³-hybridized carbons (Fsp3) is 0.267. The normalized spacial score (nSPS) is 10.4. The number of amides is 1. The zero-order chi connectivity index (χ0) is 14.7. The van der Waals surface area contributed by atoms with Gasteiger partial charge in [-0.15, -0.1) is 0 Å². The number of nitrogens with zero attached hydrogens (tertiary/aromatic N) is 2. The SMILES string of the molecule is Cc1nc(C)c(C(=O)NCc2ccc(F)cc2)c(C)n1. The molecule has 1 amide bonds. The number of hydrogen-bond donors (Lipinski definition) is 1. The molecular weight excluding hydrogens is 257 g/mol. The van der Waals surface area contributed by atoms with Gasteiger partial charge in [-0.05, 0) is 38.5 Å². The number of nitrogens with one attached hydrogen (secondary N) is 1. The summed E-state index contributed by atoms with van der Waals surface area (Å²) in [4.78, 5) is 20.6. The van der Waals surface area contributed by atoms with Gasteiger partial charge in [-0.25, -0.2) is 14.4 Å². The fourth-order valence-electron chi connectivity index (χ4n) is 2.09. The highest BCUT2D eigenvalue weighted by Crippen LogP contribution is 2.10. The van der Waals surface area contributed by atoms with E-state index in [2.05, 4.69) is 15.3 Å². The molecule has 2 rings (SSSR count). The second-order valence-corrected chi connectivity index (χ2v) is 4.63. The van der Waals surface area contributed by atoms with Gasteiger partial charge >= 0.3 is 0 Å². The van der Waals surface area contributed by atoms with Crippen LogP contribution in [0.25, 0.3) is 0 Å². The summed E-state index contributed by atoms with van der Waals surface area (Å²) in [6.45, 7) is 5.70. The molecule has 1 heterocycles. The molecule has 0 aliphatic heterocycles. The topological polar surface area (TPSA) is 54.9 Å². The van der Waals surface area contributed by atoms with Crippen LogP contribution in [0.4, 0.5) is 4.39 Å². The summed E-state index contributed by atoms with van der Waals surface area (Å²) in [5.41, 5.74) is 2.65. The first-order valence-electron chi connectivity index (χ1n) is 6.32. The summed E-state index contributed by atoms with van der Waals surface area (Å²) in [6.07, 6.45) is 0. The molecular formula is C15H16FN3O. The van der Waals surface area contributed by atoms with Crippen LogP contribution in [0, 0.1) is 26.6 Å². The molecule has 0 spiro atoms. The highest BCUT2D eigenvalue weighted by molar-refractivity contribution is 5.96. The molecule has 0 saturated carbocycles. The van der Waals surface area contributed by atoms with Crippen molar-refractivity contribution in [2.24, 2.45) is 0 Å². The van der Waals surface area contributed by atoms with E-state index in [-0.39, 0.29) is 11.7 Å². The summed E-state index contributed by atoms with van der Waals surface area (Å²) >= 11 is 0. The summed E-state index contributed by atoms with van der Waals surface area (Å²) in [7, 11) is 0. The number of carbonyl (C=O) groups is 1. The molecule has 104 valence electrons. The van der Waals surface area contributed by atoms with Gasteiger partial charge in [-0.1, -0.05) is 12.1 Å². The number of carbonyl (C=O) groups excluding carboxylic acids is 1. The maximum absolute atomic E-state index is 12.8. The first kappa shape index (κ1) is 14.1. The van der Waals surface area contributed by atoms with Crippen molar-refractivity contribution in [3.63, 3.8) is 0 Å². The Kier molecular flexibility index (Phi) is 4.08. The van der Waals surface area contributed by atoms with Crippen LogP contribution in [0.3, 0.4) is 0 Å². The van der Waals surface area contributed by atoms with Crippen molar-refractivity contribution >= 4 is 5.91 Å². The zero-order valence-corrected chi connectivity index (χ0v) is 11.7. The number of rotatable bonds is 3. The smallest absolute Gasteiger partial charge is 0.255 e. The van der Waals surface area contributed by atoms with Gasteiger partial charge in [0, 0.05) is 6.54 Å². The fourth-order valence-corrected chi connectivity index (χ4v) is 2.09. The predicted molar refractivity (Wildman–Crippen MR) is 73.8 cm³/mol. The van der Waals surface area contributed by atoms with E-state index in [9.17, 15) is 9.18 Å². The molecule has 0 saturated heterocycles. The van der Waals surface area contributed by atoms with Crippen molar-refractivity contribution in [2.45, 2.75) is 27.3 Å². The Morgan fingerprint density at radius 1 is 1.10 bits per heavy atom. The molecule has 0 unspecified atom stereocenters. The molecule has 2 aromatic rings. The predicted octanol–water partition coefficient (Wildman–Crippen LogP) is 2.47. The average Bonchev–Trinajstić information content (AvgIpc) is 2.37. The van der Waals surface area contributed by atoms with Gasteiger partial charge in [-0.3, -0.25) is 4.79 Å². The Labute approximate surface area is 117 Å². The van der Waals surface area contributed by atoms with E-state index in [4.69, 9.17) is 0 Å². The van der Waals surface area contributed by atoms with E-state index in [0.717, 1.165) is 5.56 Å². The second-order valence-electron chi connectivity index (χ2n) is 4.63. The van der Waals surface area contributed by atoms with Crippen molar-refractivity contribution in [3.8, 4) is 0 Å². The van der Waals surface area contributed by atoms with Crippen LogP contribution in [0.15, 0.2) is 24.3 Å². The van der Waals surface area contributed by atoms with Crippen LogP contribution in [-0.4, -0.2) is 15.9 Å². The van der Waals surface area contributed by atoms with Crippen LogP contribution in [0.1, 0.15) is 33.1 Å². The first-order valence-corrected chi connectivity index (χ1v) is 6.32. The van der Waals surface area contributed by atoms with Crippen LogP contribution < -0.4 is 5.32 Å². The van der Waals surface area contributed by atoms with Gasteiger partial charge in [0.05, 0.1) is 17.0 Å². The first-order chi connectivity index (χ1) is 9.47. The third-order valence-corrected chi connectivity index (χ3v) is 2.98. The van der Waals surface area contributed by atoms with Crippen molar-refractivity contribution in [3.05, 3.63) is 58.4 Å². The minimum absolute atomic E-state index is 0.218. The lowest BCUT2D eigenvalue weighted by molar-refractivity contribution is 0.0948. The van der Waals surface area contributed by atoms with Crippen molar-refractivity contribution in [1.29, 1.82) is 0 Å². The van der Waals surface area contributed by atoms with Crippen LogP contribution >= 0.6 is 0 Å². The van der Waals surface area contributed by atoms with Gasteiger partial charge in [0.25, 0.3) is 5.91 Å². The van der Waals surface area contributed by atoms with Crippen LogP contribution in [0.2, 0.25) is 0 Å². The second kappa shape index (κ2) is 5.77. The Balaban J connectivity index is 2.11. The molecule has 0 atom stereocenters. The average molecular weight is 273 g/mol. The van der Waals surface area contributed by atoms with Gasteiger partial charge in [-0.2, -0.15) is 0 Å². The van der Waals surface area contributed by atoms with E-state index < -0.39 is 0 Å². The van der Waals surface area contributed by atoms with E-state index in [0.29, 0.717) is 29.3 Å². The minimum Gasteiger partial charge on any atom is -0.348 e. The van der Waals surface area contributed by atoms with Gasteiger partial charge in [0.2, 0.25) is 0 Å². The number of hydrogen-bond acceptors (Lipinski definition) is 3. The summed E-state index contributed by atoms with van der Waals surface area (Å²) < 4.78 is 12.8. The maximum Gasteiger partial charge on any atom is 0.255 e. The number of aromatic nitrogens is 2. The molecule has 1 N–H and O–H groups in total. The molecule has 20 heavy (non-hydrogen) atoms. The molecule has 0 bridgehead atoms. The van der Waals surface area contributed by atoms with Crippen LogP contribution in [0.5, 0.6) is 0 Å². The lowest BCUT2D eigenvalue weighted by atomic mass is 10.1. The molecule has 0 aliphatic rings. The monoisotopic (exact) mass is 273 g/mol. The van der Waals surface area contributed by atoms with E-state index >= 15 is 0 Å². The third-order valence-electron chi connectivity index (χ3n) is 2.98. The highest BCUT2D eigenvalue weighted by Gasteiger charge is 2.14. The largest absolute Gasteiger partial charge is 0.348 e. The Hall–Kier alpha value is -2.30. The summed E-state index contributed by atoms with van der Waals surface area (Å²) in [5.74, 6) is 0.137. The molecule has 4 nitrogen and oxygen atoms in total. The zero-order valence-electron chi connectivity index (χ0n) is 11.7. The van der Waals surface area contributed by atoms with E-state index in [1.165, 1.54) is 12.1 Å². The molecule has 5 heteroatoms. The number of halogens is 1. The quantitative estimate of drug-likeness (QED) is 0.934. The van der Waals surface area contributed by atoms with E-state index in [1.807, 2.05) is 0 Å². The molecule has 0 aliphatic carbocycles. The van der Waals surface area contributed by atoms with Gasteiger partial charge in [0.1, 0.15) is 11.6 Å².